The number of rotatable bonds is 4. The van der Waals surface area contributed by atoms with Crippen molar-refractivity contribution in [1.82, 2.24) is 10.3 Å². The predicted octanol–water partition coefficient (Wildman–Crippen LogP) is 2.88. The van der Waals surface area contributed by atoms with Crippen LogP contribution in [-0.4, -0.2) is 24.5 Å². The standard InChI is InChI=1S/C20H23N3O/c1-23-9-3-5-15-10-14(6-7-19(15)23)12-22-20(24)18-11-17(18)16-4-2-8-21-13-16/h2,4,6-8,10,13,17-18H,3,5,9,11-12H2,1H3,(H,22,24)/t17-,18-/m0/s1. The minimum Gasteiger partial charge on any atom is -0.374 e. The van der Waals surface area contributed by atoms with E-state index in [0.29, 0.717) is 12.5 Å². The summed E-state index contributed by atoms with van der Waals surface area (Å²) in [5.74, 6) is 0.618. The van der Waals surface area contributed by atoms with Crippen LogP contribution >= 0.6 is 0 Å². The van der Waals surface area contributed by atoms with E-state index < -0.39 is 0 Å². The Kier molecular flexibility index (Phi) is 3.97. The summed E-state index contributed by atoms with van der Waals surface area (Å²) in [4.78, 5) is 18.8. The highest BCUT2D eigenvalue weighted by atomic mass is 16.2. The van der Waals surface area contributed by atoms with Gasteiger partial charge in [-0.05, 0) is 54.0 Å². The number of amides is 1. The molecule has 1 saturated carbocycles. The summed E-state index contributed by atoms with van der Waals surface area (Å²) >= 11 is 0. The van der Waals surface area contributed by atoms with Crippen molar-refractivity contribution in [3.05, 3.63) is 59.4 Å². The van der Waals surface area contributed by atoms with E-state index in [0.717, 1.165) is 19.4 Å². The molecule has 1 aliphatic carbocycles. The molecule has 4 nitrogen and oxygen atoms in total. The van der Waals surface area contributed by atoms with Crippen molar-refractivity contribution in [3.8, 4) is 0 Å². The predicted molar refractivity (Wildman–Crippen MR) is 95.0 cm³/mol. The number of aryl methyl sites for hydroxylation is 1. The number of hydrogen-bond donors (Lipinski definition) is 1. The second kappa shape index (κ2) is 6.27. The summed E-state index contributed by atoms with van der Waals surface area (Å²) in [6, 6.07) is 10.6. The highest BCUT2D eigenvalue weighted by Crippen LogP contribution is 2.47. The molecule has 1 aliphatic heterocycles. The zero-order valence-electron chi connectivity index (χ0n) is 14.0. The molecule has 2 atom stereocenters. The van der Waals surface area contributed by atoms with Crippen molar-refractivity contribution < 1.29 is 4.79 Å². The number of pyridine rings is 1. The van der Waals surface area contributed by atoms with Crippen LogP contribution in [0.5, 0.6) is 0 Å². The summed E-state index contributed by atoms with van der Waals surface area (Å²) in [7, 11) is 2.14. The highest BCUT2D eigenvalue weighted by Gasteiger charge is 2.43. The van der Waals surface area contributed by atoms with Crippen molar-refractivity contribution in [2.45, 2.75) is 31.7 Å². The van der Waals surface area contributed by atoms with Crippen LogP contribution in [0.1, 0.15) is 35.4 Å². The molecular formula is C20H23N3O. The van der Waals surface area contributed by atoms with E-state index in [9.17, 15) is 4.79 Å². The number of nitrogens with one attached hydrogen (secondary N) is 1. The third-order valence-corrected chi connectivity index (χ3v) is 5.20. The summed E-state index contributed by atoms with van der Waals surface area (Å²) in [5.41, 5.74) is 5.09. The zero-order chi connectivity index (χ0) is 16.5. The summed E-state index contributed by atoms with van der Waals surface area (Å²) in [6.07, 6.45) is 6.92. The number of benzene rings is 1. The van der Waals surface area contributed by atoms with Gasteiger partial charge in [0.25, 0.3) is 0 Å². The number of hydrogen-bond acceptors (Lipinski definition) is 3. The van der Waals surface area contributed by atoms with Crippen molar-refractivity contribution in [2.24, 2.45) is 5.92 Å². The van der Waals surface area contributed by atoms with Gasteiger partial charge in [-0.1, -0.05) is 18.2 Å². The molecule has 2 heterocycles. The summed E-state index contributed by atoms with van der Waals surface area (Å²) in [6.45, 7) is 1.74. The molecule has 124 valence electrons. The first-order valence-corrected chi connectivity index (χ1v) is 8.73. The topological polar surface area (TPSA) is 45.2 Å². The Bertz CT molecular complexity index is 744. The van der Waals surface area contributed by atoms with E-state index in [1.54, 1.807) is 6.20 Å². The molecule has 0 spiro atoms. The molecule has 24 heavy (non-hydrogen) atoms. The van der Waals surface area contributed by atoms with Gasteiger partial charge in [0.15, 0.2) is 0 Å². The maximum atomic E-state index is 12.4. The van der Waals surface area contributed by atoms with Crippen molar-refractivity contribution >= 4 is 11.6 Å². The van der Waals surface area contributed by atoms with Gasteiger partial charge in [-0.2, -0.15) is 0 Å². The molecule has 2 aromatic rings. The highest BCUT2D eigenvalue weighted by molar-refractivity contribution is 5.82. The molecule has 0 bridgehead atoms. The molecule has 4 heteroatoms. The second-order valence-corrected chi connectivity index (χ2v) is 6.94. The van der Waals surface area contributed by atoms with E-state index in [2.05, 4.69) is 46.5 Å². The molecular weight excluding hydrogens is 298 g/mol. The van der Waals surface area contributed by atoms with E-state index in [4.69, 9.17) is 0 Å². The molecule has 1 amide bonds. The molecule has 1 aromatic carbocycles. The van der Waals surface area contributed by atoms with E-state index >= 15 is 0 Å². The van der Waals surface area contributed by atoms with Crippen LogP contribution < -0.4 is 10.2 Å². The van der Waals surface area contributed by atoms with Crippen LogP contribution in [0.4, 0.5) is 5.69 Å². The first-order chi connectivity index (χ1) is 11.7. The van der Waals surface area contributed by atoms with Crippen molar-refractivity contribution in [2.75, 3.05) is 18.5 Å². The molecule has 0 unspecified atom stereocenters. The van der Waals surface area contributed by atoms with Crippen LogP contribution in [0.2, 0.25) is 0 Å². The molecule has 1 aromatic heterocycles. The fraction of sp³-hybridized carbons (Fsp3) is 0.400. The van der Waals surface area contributed by atoms with Gasteiger partial charge in [0.05, 0.1) is 0 Å². The van der Waals surface area contributed by atoms with Gasteiger partial charge in [0.2, 0.25) is 5.91 Å². The maximum absolute atomic E-state index is 12.4. The quantitative estimate of drug-likeness (QED) is 0.942. The van der Waals surface area contributed by atoms with Crippen LogP contribution in [0, 0.1) is 5.92 Å². The van der Waals surface area contributed by atoms with Gasteiger partial charge in [-0.15, -0.1) is 0 Å². The van der Waals surface area contributed by atoms with E-state index in [1.807, 2.05) is 12.3 Å². The lowest BCUT2D eigenvalue weighted by Gasteiger charge is -2.27. The zero-order valence-corrected chi connectivity index (χ0v) is 14.0. The van der Waals surface area contributed by atoms with Gasteiger partial charge in [0.1, 0.15) is 0 Å². The number of fused-ring (bicyclic) bond motifs is 1. The fourth-order valence-corrected chi connectivity index (χ4v) is 3.72. The van der Waals surface area contributed by atoms with E-state index in [1.165, 1.54) is 28.8 Å². The lowest BCUT2D eigenvalue weighted by atomic mass is 9.99. The molecule has 4 rings (SSSR count). The molecule has 1 fully saturated rings. The van der Waals surface area contributed by atoms with E-state index in [-0.39, 0.29) is 11.8 Å². The van der Waals surface area contributed by atoms with Crippen LogP contribution in [0.25, 0.3) is 0 Å². The maximum Gasteiger partial charge on any atom is 0.224 e. The summed E-state index contributed by atoms with van der Waals surface area (Å²) in [5, 5.41) is 3.11. The minimum absolute atomic E-state index is 0.109. The number of carbonyl (C=O) groups is 1. The average Bonchev–Trinajstić information content (AvgIpc) is 3.41. The smallest absolute Gasteiger partial charge is 0.224 e. The van der Waals surface area contributed by atoms with Gasteiger partial charge >= 0.3 is 0 Å². The third-order valence-electron chi connectivity index (χ3n) is 5.20. The SMILES string of the molecule is CN1CCCc2cc(CNC(=O)[C@H]3C[C@H]3c3cccnc3)ccc21. The Balaban J connectivity index is 1.35. The first kappa shape index (κ1) is 15.2. The van der Waals surface area contributed by atoms with Crippen molar-refractivity contribution in [1.29, 1.82) is 0 Å². The Morgan fingerprint density at radius 1 is 1.38 bits per heavy atom. The number of anilines is 1. The minimum atomic E-state index is 0.109. The van der Waals surface area contributed by atoms with Crippen molar-refractivity contribution in [3.63, 3.8) is 0 Å². The van der Waals surface area contributed by atoms with Crippen LogP contribution in [0.15, 0.2) is 42.7 Å². The number of aromatic nitrogens is 1. The first-order valence-electron chi connectivity index (χ1n) is 8.73. The monoisotopic (exact) mass is 321 g/mol. The average molecular weight is 321 g/mol. The van der Waals surface area contributed by atoms with Crippen LogP contribution in [-0.2, 0) is 17.8 Å². The normalized spacial score (nSPS) is 22.0. The molecule has 0 radical (unpaired) electrons. The Morgan fingerprint density at radius 2 is 2.29 bits per heavy atom. The van der Waals surface area contributed by atoms with Crippen LogP contribution in [0.3, 0.4) is 0 Å². The number of carbonyl (C=O) groups excluding carboxylic acids is 1. The Morgan fingerprint density at radius 3 is 3.12 bits per heavy atom. The second-order valence-electron chi connectivity index (χ2n) is 6.94. The Labute approximate surface area is 142 Å². The van der Waals surface area contributed by atoms with Gasteiger partial charge in [0, 0.05) is 44.1 Å². The van der Waals surface area contributed by atoms with Gasteiger partial charge < -0.3 is 10.2 Å². The fourth-order valence-electron chi connectivity index (χ4n) is 3.72. The third kappa shape index (κ3) is 3.01. The summed E-state index contributed by atoms with van der Waals surface area (Å²) < 4.78 is 0. The molecule has 2 aliphatic rings. The largest absolute Gasteiger partial charge is 0.374 e. The molecule has 0 saturated heterocycles. The lowest BCUT2D eigenvalue weighted by molar-refractivity contribution is -0.122. The Hall–Kier alpha value is -2.36. The molecule has 1 N–H and O–H groups in total. The van der Waals surface area contributed by atoms with Gasteiger partial charge in [-0.25, -0.2) is 0 Å². The number of nitrogens with zero attached hydrogens (tertiary/aromatic N) is 2. The van der Waals surface area contributed by atoms with Gasteiger partial charge in [-0.3, -0.25) is 9.78 Å². The lowest BCUT2D eigenvalue weighted by Crippen LogP contribution is -2.26.